The summed E-state index contributed by atoms with van der Waals surface area (Å²) < 4.78 is 48.7. The van der Waals surface area contributed by atoms with Crippen LogP contribution in [0.15, 0.2) is 162 Å². The van der Waals surface area contributed by atoms with Gasteiger partial charge in [0.2, 0.25) is 0 Å². The summed E-state index contributed by atoms with van der Waals surface area (Å²) >= 11 is -1.85. The van der Waals surface area contributed by atoms with E-state index in [-0.39, 0.29) is 26.9 Å². The second-order valence-electron chi connectivity index (χ2n) is 19.2. The number of H-pyrrole nitrogens is 1. The molecule has 3 fully saturated rings. The molecule has 9 atom stereocenters. The molecule has 2 nitrogen and oxygen atoms in total. The molecule has 64 heavy (non-hydrogen) atoms. The molecule has 1 aromatic heterocycles. The van der Waals surface area contributed by atoms with E-state index in [0.717, 1.165) is 49.9 Å². The quantitative estimate of drug-likeness (QED) is 0.101. The van der Waals surface area contributed by atoms with Gasteiger partial charge in [-0.2, -0.15) is 0 Å². The number of pyridine rings is 1. The Labute approximate surface area is 378 Å². The Hall–Kier alpha value is -5.21. The number of aromatic amines is 1. The van der Waals surface area contributed by atoms with Crippen molar-refractivity contribution < 1.29 is 13.2 Å². The Balaban J connectivity index is 0.900. The number of nitrogens with zero attached hydrogens (tertiary/aromatic N) is 1. The molecule has 2 heterocycles. The Morgan fingerprint density at radius 1 is 0.750 bits per heavy atom. The Morgan fingerprint density at radius 3 is 2.45 bits per heavy atom. The molecule has 320 valence electrons. The van der Waals surface area contributed by atoms with Gasteiger partial charge in [0.15, 0.2) is 0 Å². The number of allylic oxidation sites excluding steroid dienone is 10. The predicted molar refractivity (Wildman–Crippen MR) is 266 cm³/mol. The fourth-order valence-electron chi connectivity index (χ4n) is 13.2. The zero-order valence-corrected chi connectivity index (χ0v) is 37.8. The van der Waals surface area contributed by atoms with Crippen LogP contribution in [0.4, 0.5) is 18.9 Å². The van der Waals surface area contributed by atoms with E-state index in [0.29, 0.717) is 39.5 Å². The number of alkyl halides is 4. The number of halogens is 4. The third-order valence-electron chi connectivity index (χ3n) is 16.0. The third-order valence-corrected chi connectivity index (χ3v) is 26.1. The molecule has 8 unspecified atom stereocenters. The van der Waals surface area contributed by atoms with E-state index in [4.69, 9.17) is 4.99 Å². The molecule has 7 aliphatic rings. The Bertz CT molecular complexity index is 3300. The van der Waals surface area contributed by atoms with Gasteiger partial charge < -0.3 is 4.98 Å². The van der Waals surface area contributed by atoms with Crippen molar-refractivity contribution in [2.45, 2.75) is 68.8 Å². The number of rotatable bonds is 5. The predicted octanol–water partition coefficient (Wildman–Crippen LogP) is 13.5. The number of hydrogen-bond acceptors (Lipinski definition) is 1. The summed E-state index contributed by atoms with van der Waals surface area (Å²) in [5.74, 6) is 0.698. The summed E-state index contributed by atoms with van der Waals surface area (Å²) in [4.78, 5) is 8.33. The van der Waals surface area contributed by atoms with Gasteiger partial charge in [-0.1, -0.05) is 30.3 Å². The molecule has 5 aromatic carbocycles. The van der Waals surface area contributed by atoms with Crippen molar-refractivity contribution in [3.05, 3.63) is 179 Å². The number of hydrogen-bond donors (Lipinski definition) is 1. The first kappa shape index (κ1) is 39.2. The first-order valence-electron chi connectivity index (χ1n) is 23.5. The summed E-state index contributed by atoms with van der Waals surface area (Å²) in [7, 11) is 0. The van der Waals surface area contributed by atoms with Gasteiger partial charge in [-0.05, 0) is 29.7 Å². The molecule has 6 heteroatoms. The molecular weight excluding hydrogens is 909 g/mol. The fourth-order valence-corrected chi connectivity index (χ4v) is 25.7. The fraction of sp³-hybridized carbons (Fsp3) is 0.293. The van der Waals surface area contributed by atoms with Gasteiger partial charge in [0.1, 0.15) is 11.3 Å². The molecule has 1 saturated heterocycles. The monoisotopic (exact) mass is 958 g/mol. The van der Waals surface area contributed by atoms with Gasteiger partial charge in [-0.25, -0.2) is 9.38 Å². The molecule has 0 bridgehead atoms. The van der Waals surface area contributed by atoms with Gasteiger partial charge in [-0.3, -0.25) is 0 Å². The molecular formula is C58H50F3IN2. The van der Waals surface area contributed by atoms with Crippen molar-refractivity contribution in [2.24, 2.45) is 34.6 Å². The van der Waals surface area contributed by atoms with Crippen LogP contribution in [0, 0.1) is 35.4 Å². The summed E-state index contributed by atoms with van der Waals surface area (Å²) in [6.07, 6.45) is 28.1. The van der Waals surface area contributed by atoms with E-state index in [1.807, 2.05) is 36.4 Å². The maximum atomic E-state index is 15.9. The normalized spacial score (nSPS) is 31.0. The Morgan fingerprint density at radius 2 is 1.59 bits per heavy atom. The van der Waals surface area contributed by atoms with E-state index in [9.17, 15) is 0 Å². The number of nitrogens with one attached hydrogen (secondary N) is 1. The van der Waals surface area contributed by atoms with Crippen molar-refractivity contribution in [1.82, 2.24) is 4.98 Å². The van der Waals surface area contributed by atoms with Crippen LogP contribution in [0.2, 0.25) is 0 Å². The van der Waals surface area contributed by atoms with E-state index in [1.54, 1.807) is 12.1 Å². The molecule has 6 aliphatic carbocycles. The van der Waals surface area contributed by atoms with Crippen LogP contribution in [-0.2, 0) is 0 Å². The van der Waals surface area contributed by atoms with Crippen molar-refractivity contribution in [2.75, 3.05) is 0 Å². The first-order chi connectivity index (χ1) is 31.5. The van der Waals surface area contributed by atoms with Crippen LogP contribution >= 0.6 is 19.8 Å². The van der Waals surface area contributed by atoms with Crippen LogP contribution in [0.5, 0.6) is 0 Å². The summed E-state index contributed by atoms with van der Waals surface area (Å²) in [5.41, 5.74) is 7.07. The van der Waals surface area contributed by atoms with Crippen LogP contribution < -0.4 is 15.9 Å². The number of para-hydroxylation sites is 1. The Kier molecular flexibility index (Phi) is 9.30. The average molecular weight is 959 g/mol. The molecule has 0 amide bonds. The first-order valence-corrected chi connectivity index (χ1v) is 27.1. The van der Waals surface area contributed by atoms with Crippen molar-refractivity contribution in [1.29, 1.82) is 0 Å². The van der Waals surface area contributed by atoms with Crippen LogP contribution in [0.25, 0.3) is 55.2 Å². The zero-order chi connectivity index (χ0) is 42.7. The number of fused-ring (bicyclic) bond motifs is 10. The second kappa shape index (κ2) is 15.2. The van der Waals surface area contributed by atoms with Crippen molar-refractivity contribution in [3.63, 3.8) is 0 Å². The van der Waals surface area contributed by atoms with E-state index >= 15 is 13.2 Å². The summed E-state index contributed by atoms with van der Waals surface area (Å²) in [6.45, 7) is 0. The number of aromatic nitrogens is 1. The summed E-state index contributed by atoms with van der Waals surface area (Å²) in [6, 6.07) is 32.6. The molecule has 6 aromatic rings. The molecule has 0 spiro atoms. The number of benzene rings is 5. The van der Waals surface area contributed by atoms with Gasteiger partial charge in [0.05, 0.1) is 11.1 Å². The van der Waals surface area contributed by atoms with Gasteiger partial charge in [0, 0.05) is 10.9 Å². The van der Waals surface area contributed by atoms with Gasteiger partial charge in [-0.15, -0.1) is 0 Å². The van der Waals surface area contributed by atoms with E-state index < -0.39 is 31.9 Å². The minimum atomic E-state index is -1.85. The topological polar surface area (TPSA) is 28.1 Å². The summed E-state index contributed by atoms with van der Waals surface area (Å²) in [5, 5.41) is 7.17. The van der Waals surface area contributed by atoms with Crippen LogP contribution in [0.3, 0.4) is 0 Å². The standard InChI is InChI=1S/C58H50F3IN2/c59-50-20-10-19-42-48-30-35(26-29-54(48)64-57(55(42)50)63-37-12-2-1-3-13-37)45-32-47-40-16-6-4-14-38(40)44(31-46(47)41-17-7-5-15-39(41)45)34-24-27-36(28-25-34)62-53-23-9-8-18-43(53)49-33-58(49,62)56-51(60)21-11-22-52(56)61/h1-7,10,12-17,19-21,24-27,29-32,36,38,43-44,49,52-53,56H,8-9,11,18,22-23,28,33H2,(H,63,64)/t36?,38?,43?,44?,49?,52?,53-,56?,58?/m0/s1. The van der Waals surface area contributed by atoms with Crippen LogP contribution in [-0.4, -0.2) is 22.4 Å². The molecule has 2 saturated carbocycles. The SMILES string of the molecule is FC1=CCCC(F)C1C12CC1C1CCCC[C@@H]1I2C1C=CC(C2C=c3c(cc(-c4ccc5[nH]c(=Nc6ccccc6)c6c(F)cccc6c5c4)c4ccccc34)=C3C=CC=CC32)=CC1. The maximum absolute atomic E-state index is 15.9. The molecule has 1 aliphatic heterocycles. The van der Waals surface area contributed by atoms with Gasteiger partial charge in [0.25, 0.3) is 0 Å². The zero-order valence-electron chi connectivity index (χ0n) is 35.7. The van der Waals surface area contributed by atoms with E-state index in [1.165, 1.54) is 64.1 Å². The van der Waals surface area contributed by atoms with Crippen molar-refractivity contribution in [3.8, 4) is 11.1 Å². The average Bonchev–Trinajstić information content (AvgIpc) is 3.99. The van der Waals surface area contributed by atoms with Crippen molar-refractivity contribution >= 4 is 69.6 Å². The van der Waals surface area contributed by atoms with E-state index in [2.05, 4.69) is 102 Å². The van der Waals surface area contributed by atoms with Crippen LogP contribution in [0.1, 0.15) is 51.4 Å². The molecule has 0 radical (unpaired) electrons. The second-order valence-corrected chi connectivity index (χ2v) is 26.4. The molecule has 1 N–H and O–H groups in total. The molecule has 13 rings (SSSR count). The van der Waals surface area contributed by atoms with Gasteiger partial charge >= 0.3 is 273 Å². The third kappa shape index (κ3) is 5.99. The minimum absolute atomic E-state index is 0.0670.